The number of nitrogens with one attached hydrogen (secondary N) is 1. The van der Waals surface area contributed by atoms with E-state index in [4.69, 9.17) is 5.73 Å². The molecule has 0 saturated heterocycles. The zero-order valence-electron chi connectivity index (χ0n) is 9.13. The second-order valence-electron chi connectivity index (χ2n) is 3.74. The van der Waals surface area contributed by atoms with Crippen LogP contribution in [0.1, 0.15) is 33.6 Å². The number of carbonyl (C=O) groups is 1. The summed E-state index contributed by atoms with van der Waals surface area (Å²) in [5.74, 6) is -0.357. The minimum absolute atomic E-state index is 0.357. The maximum absolute atomic E-state index is 11.2. The normalized spacial score (nSPS) is 12.7. The average Bonchev–Trinajstić information content (AvgIpc) is 2.10. The van der Waals surface area contributed by atoms with Crippen molar-refractivity contribution in [2.75, 3.05) is 6.54 Å². The summed E-state index contributed by atoms with van der Waals surface area (Å²) in [6.45, 7) is 5.44. The van der Waals surface area contributed by atoms with E-state index >= 15 is 0 Å². The molecule has 0 aromatic rings. The van der Waals surface area contributed by atoms with Gasteiger partial charge in [0, 0.05) is 6.54 Å². The molecule has 0 heterocycles. The number of hydrogen-bond acceptors (Lipinski definition) is 3. The van der Waals surface area contributed by atoms with E-state index in [1.165, 1.54) is 13.8 Å². The third kappa shape index (κ3) is 4.87. The van der Waals surface area contributed by atoms with E-state index in [1.807, 2.05) is 6.92 Å². The monoisotopic (exact) mass is 200 g/mol. The maximum Gasteiger partial charge on any atom is 0.251 e. The van der Waals surface area contributed by atoms with E-state index in [0.29, 0.717) is 6.54 Å². The molecule has 0 radical (unpaired) electrons. The van der Waals surface area contributed by atoms with Crippen LogP contribution in [0.25, 0.3) is 0 Å². The summed E-state index contributed by atoms with van der Waals surface area (Å²) in [6.07, 6.45) is 3.18. The van der Waals surface area contributed by atoms with E-state index in [9.17, 15) is 9.90 Å². The number of carbonyl (C=O) groups excluding carboxylic acids is 1. The van der Waals surface area contributed by atoms with Gasteiger partial charge in [0.15, 0.2) is 0 Å². The zero-order valence-corrected chi connectivity index (χ0v) is 9.13. The molecule has 0 fully saturated rings. The van der Waals surface area contributed by atoms with Crippen molar-refractivity contribution in [2.45, 2.75) is 39.2 Å². The van der Waals surface area contributed by atoms with Crippen molar-refractivity contribution in [1.82, 2.24) is 5.32 Å². The molecule has 0 rings (SSSR count). The van der Waals surface area contributed by atoms with Gasteiger partial charge >= 0.3 is 0 Å². The fourth-order valence-electron chi connectivity index (χ4n) is 0.931. The van der Waals surface area contributed by atoms with Crippen LogP contribution in [0, 0.1) is 0 Å². The van der Waals surface area contributed by atoms with Gasteiger partial charge in [-0.25, -0.2) is 0 Å². The first-order valence-corrected chi connectivity index (χ1v) is 4.82. The minimum Gasteiger partial charge on any atom is -0.405 e. The summed E-state index contributed by atoms with van der Waals surface area (Å²) in [5, 5.41) is 12.0. The van der Waals surface area contributed by atoms with Crippen molar-refractivity contribution in [3.63, 3.8) is 0 Å². The molecule has 14 heavy (non-hydrogen) atoms. The van der Waals surface area contributed by atoms with Crippen molar-refractivity contribution in [1.29, 1.82) is 0 Å². The van der Waals surface area contributed by atoms with Crippen molar-refractivity contribution in [2.24, 2.45) is 5.73 Å². The third-order valence-electron chi connectivity index (χ3n) is 1.98. The Morgan fingerprint density at radius 3 is 2.50 bits per heavy atom. The van der Waals surface area contributed by atoms with Gasteiger partial charge < -0.3 is 16.2 Å². The van der Waals surface area contributed by atoms with Gasteiger partial charge in [0.2, 0.25) is 0 Å². The Morgan fingerprint density at radius 1 is 1.57 bits per heavy atom. The fraction of sp³-hybridized carbons (Fsp3) is 0.700. The van der Waals surface area contributed by atoms with E-state index in [0.717, 1.165) is 18.4 Å². The summed E-state index contributed by atoms with van der Waals surface area (Å²) in [5.41, 5.74) is 5.15. The molecule has 0 atom stereocenters. The molecule has 4 nitrogen and oxygen atoms in total. The first-order chi connectivity index (χ1) is 6.41. The Balaban J connectivity index is 3.81. The number of aliphatic hydroxyl groups is 1. The SMILES string of the molecule is CC/C(=C\N)CCNC(=O)C(C)(C)O. The van der Waals surface area contributed by atoms with Gasteiger partial charge in [-0.15, -0.1) is 0 Å². The van der Waals surface area contributed by atoms with Crippen LogP contribution in [0.5, 0.6) is 0 Å². The lowest BCUT2D eigenvalue weighted by Crippen LogP contribution is -2.42. The van der Waals surface area contributed by atoms with Crippen LogP contribution in [0.2, 0.25) is 0 Å². The van der Waals surface area contributed by atoms with Crippen molar-refractivity contribution < 1.29 is 9.90 Å². The lowest BCUT2D eigenvalue weighted by Gasteiger charge is -2.16. The Hall–Kier alpha value is -1.03. The van der Waals surface area contributed by atoms with Crippen LogP contribution < -0.4 is 11.1 Å². The predicted molar refractivity (Wildman–Crippen MR) is 56.5 cm³/mol. The summed E-state index contributed by atoms with van der Waals surface area (Å²) >= 11 is 0. The van der Waals surface area contributed by atoms with Crippen LogP contribution in [0.4, 0.5) is 0 Å². The Kier molecular flexibility index (Phi) is 5.23. The van der Waals surface area contributed by atoms with E-state index < -0.39 is 5.60 Å². The highest BCUT2D eigenvalue weighted by Crippen LogP contribution is 2.04. The van der Waals surface area contributed by atoms with Gasteiger partial charge in [-0.1, -0.05) is 12.5 Å². The van der Waals surface area contributed by atoms with Crippen molar-refractivity contribution in [3.05, 3.63) is 11.8 Å². The Morgan fingerprint density at radius 2 is 2.14 bits per heavy atom. The predicted octanol–water partition coefficient (Wildman–Crippen LogP) is 0.516. The highest BCUT2D eigenvalue weighted by Gasteiger charge is 2.22. The van der Waals surface area contributed by atoms with E-state index in [1.54, 1.807) is 6.20 Å². The van der Waals surface area contributed by atoms with E-state index in [2.05, 4.69) is 5.32 Å². The first kappa shape index (κ1) is 13.0. The first-order valence-electron chi connectivity index (χ1n) is 4.82. The smallest absolute Gasteiger partial charge is 0.251 e. The lowest BCUT2D eigenvalue weighted by atomic mass is 10.1. The molecule has 0 aromatic heterocycles. The summed E-state index contributed by atoms with van der Waals surface area (Å²) < 4.78 is 0. The summed E-state index contributed by atoms with van der Waals surface area (Å²) in [7, 11) is 0. The molecule has 0 bridgehead atoms. The maximum atomic E-state index is 11.2. The molecule has 0 aromatic carbocycles. The molecule has 0 aliphatic carbocycles. The highest BCUT2D eigenvalue weighted by atomic mass is 16.3. The fourth-order valence-corrected chi connectivity index (χ4v) is 0.931. The topological polar surface area (TPSA) is 75.3 Å². The Labute approximate surface area is 85.2 Å². The molecule has 0 aliphatic rings. The minimum atomic E-state index is -1.31. The molecule has 0 saturated carbocycles. The van der Waals surface area contributed by atoms with Crippen LogP contribution in [-0.2, 0) is 4.79 Å². The largest absolute Gasteiger partial charge is 0.405 e. The van der Waals surface area contributed by atoms with Gasteiger partial charge in [0.25, 0.3) is 5.91 Å². The second kappa shape index (κ2) is 5.65. The van der Waals surface area contributed by atoms with Crippen LogP contribution in [-0.4, -0.2) is 23.2 Å². The summed E-state index contributed by atoms with van der Waals surface area (Å²) in [6, 6.07) is 0. The molecule has 0 aliphatic heterocycles. The number of rotatable bonds is 5. The molecule has 4 heteroatoms. The van der Waals surface area contributed by atoms with Gasteiger partial charge in [-0.05, 0) is 32.9 Å². The molecular weight excluding hydrogens is 180 g/mol. The van der Waals surface area contributed by atoms with Gasteiger partial charge in [0.1, 0.15) is 5.60 Å². The average molecular weight is 200 g/mol. The van der Waals surface area contributed by atoms with Crippen molar-refractivity contribution in [3.8, 4) is 0 Å². The van der Waals surface area contributed by atoms with Crippen LogP contribution in [0.15, 0.2) is 11.8 Å². The molecule has 82 valence electrons. The molecule has 0 spiro atoms. The second-order valence-corrected chi connectivity index (χ2v) is 3.74. The van der Waals surface area contributed by atoms with Crippen LogP contribution in [0.3, 0.4) is 0 Å². The molecule has 1 amide bonds. The number of amides is 1. The number of nitrogens with two attached hydrogens (primary N) is 1. The van der Waals surface area contributed by atoms with Crippen LogP contribution >= 0.6 is 0 Å². The molecular formula is C10H20N2O2. The third-order valence-corrected chi connectivity index (χ3v) is 1.98. The quantitative estimate of drug-likeness (QED) is 0.605. The highest BCUT2D eigenvalue weighted by molar-refractivity contribution is 5.83. The lowest BCUT2D eigenvalue weighted by molar-refractivity contribution is -0.136. The zero-order chi connectivity index (χ0) is 11.2. The standard InChI is InChI=1S/C10H20N2O2/c1-4-8(7-11)5-6-12-9(13)10(2,3)14/h7,14H,4-6,11H2,1-3H3,(H,12,13)/b8-7+. The number of hydrogen-bond donors (Lipinski definition) is 3. The van der Waals surface area contributed by atoms with Gasteiger partial charge in [0.05, 0.1) is 0 Å². The van der Waals surface area contributed by atoms with Crippen molar-refractivity contribution >= 4 is 5.91 Å². The van der Waals surface area contributed by atoms with E-state index in [-0.39, 0.29) is 5.91 Å². The molecule has 4 N–H and O–H groups in total. The molecule has 0 unspecified atom stereocenters. The van der Waals surface area contributed by atoms with Gasteiger partial charge in [-0.2, -0.15) is 0 Å². The summed E-state index contributed by atoms with van der Waals surface area (Å²) in [4.78, 5) is 11.2. The van der Waals surface area contributed by atoms with Gasteiger partial charge in [-0.3, -0.25) is 4.79 Å². The Bertz CT molecular complexity index is 217.